The number of amides is 1. The molecule has 31 heavy (non-hydrogen) atoms. The van der Waals surface area contributed by atoms with Crippen LogP contribution in [-0.4, -0.2) is 32.4 Å². The van der Waals surface area contributed by atoms with Crippen LogP contribution in [0.1, 0.15) is 35.7 Å². The highest BCUT2D eigenvalue weighted by atomic mass is 19.1. The van der Waals surface area contributed by atoms with Crippen molar-refractivity contribution >= 4 is 11.6 Å². The van der Waals surface area contributed by atoms with Gasteiger partial charge in [0.05, 0.1) is 31.6 Å². The SMILES string of the molecule is COc1ccnc(CNC(=O)/C(N)=C/N(N)Cc2cn3cc(C4CC4)ccc3n2)c1F. The van der Waals surface area contributed by atoms with Crippen LogP contribution in [0.5, 0.6) is 5.75 Å². The lowest BCUT2D eigenvalue weighted by molar-refractivity contribution is -0.117. The number of halogens is 1. The Morgan fingerprint density at radius 2 is 2.19 bits per heavy atom. The van der Waals surface area contributed by atoms with E-state index in [1.807, 2.05) is 16.7 Å². The number of aromatic nitrogens is 3. The van der Waals surface area contributed by atoms with Gasteiger partial charge in [0.25, 0.3) is 5.91 Å². The summed E-state index contributed by atoms with van der Waals surface area (Å²) in [7, 11) is 1.35. The van der Waals surface area contributed by atoms with Crippen LogP contribution in [0.15, 0.2) is 48.7 Å². The fourth-order valence-electron chi connectivity index (χ4n) is 3.28. The lowest BCUT2D eigenvalue weighted by Gasteiger charge is -2.13. The number of nitrogens with two attached hydrogens (primary N) is 2. The first kappa shape index (κ1) is 20.6. The van der Waals surface area contributed by atoms with E-state index >= 15 is 0 Å². The Labute approximate surface area is 178 Å². The summed E-state index contributed by atoms with van der Waals surface area (Å²) in [6.45, 7) is 0.122. The molecule has 1 amide bonds. The summed E-state index contributed by atoms with van der Waals surface area (Å²) >= 11 is 0. The molecule has 0 saturated heterocycles. The van der Waals surface area contributed by atoms with Crippen LogP contribution in [0, 0.1) is 5.82 Å². The number of carbonyl (C=O) groups is 1. The second kappa shape index (κ2) is 8.60. The van der Waals surface area contributed by atoms with Gasteiger partial charge < -0.3 is 25.2 Å². The van der Waals surface area contributed by atoms with Crippen LogP contribution in [0.3, 0.4) is 0 Å². The quantitative estimate of drug-likeness (QED) is 0.284. The van der Waals surface area contributed by atoms with E-state index in [1.54, 1.807) is 0 Å². The molecule has 3 heterocycles. The Balaban J connectivity index is 1.36. The van der Waals surface area contributed by atoms with Gasteiger partial charge in [0.1, 0.15) is 11.3 Å². The van der Waals surface area contributed by atoms with Crippen molar-refractivity contribution in [1.29, 1.82) is 0 Å². The molecule has 0 aliphatic heterocycles. The van der Waals surface area contributed by atoms with Gasteiger partial charge in [-0.2, -0.15) is 0 Å². The van der Waals surface area contributed by atoms with Gasteiger partial charge in [0.15, 0.2) is 11.6 Å². The minimum Gasteiger partial charge on any atom is -0.494 e. The average Bonchev–Trinajstić information content (AvgIpc) is 3.52. The van der Waals surface area contributed by atoms with Crippen molar-refractivity contribution in [3.63, 3.8) is 0 Å². The van der Waals surface area contributed by atoms with Crippen LogP contribution in [0.2, 0.25) is 0 Å². The highest BCUT2D eigenvalue weighted by Gasteiger charge is 2.23. The molecule has 1 saturated carbocycles. The Morgan fingerprint density at radius 3 is 2.94 bits per heavy atom. The monoisotopic (exact) mass is 425 g/mol. The molecular formula is C21H24FN7O2. The van der Waals surface area contributed by atoms with E-state index in [0.717, 1.165) is 11.3 Å². The van der Waals surface area contributed by atoms with E-state index in [1.165, 1.54) is 49.0 Å². The van der Waals surface area contributed by atoms with Crippen molar-refractivity contribution < 1.29 is 13.9 Å². The normalized spacial score (nSPS) is 14.0. The molecular weight excluding hydrogens is 401 g/mol. The first-order chi connectivity index (χ1) is 14.9. The molecule has 0 spiro atoms. The molecule has 1 aliphatic carbocycles. The van der Waals surface area contributed by atoms with E-state index in [9.17, 15) is 9.18 Å². The maximum Gasteiger partial charge on any atom is 0.269 e. The first-order valence-electron chi connectivity index (χ1n) is 9.86. The van der Waals surface area contributed by atoms with E-state index in [0.29, 0.717) is 5.92 Å². The van der Waals surface area contributed by atoms with Gasteiger partial charge in [0, 0.05) is 30.9 Å². The van der Waals surface area contributed by atoms with Crippen molar-refractivity contribution in [2.24, 2.45) is 11.6 Å². The average molecular weight is 425 g/mol. The fraction of sp³-hybridized carbons (Fsp3) is 0.286. The number of pyridine rings is 2. The maximum absolute atomic E-state index is 14.1. The smallest absolute Gasteiger partial charge is 0.269 e. The number of methoxy groups -OCH3 is 1. The van der Waals surface area contributed by atoms with E-state index in [2.05, 4.69) is 27.5 Å². The van der Waals surface area contributed by atoms with Crippen molar-refractivity contribution in [3.05, 3.63) is 71.5 Å². The third-order valence-corrected chi connectivity index (χ3v) is 5.05. The van der Waals surface area contributed by atoms with Gasteiger partial charge in [-0.25, -0.2) is 15.2 Å². The summed E-state index contributed by atoms with van der Waals surface area (Å²) in [6.07, 6.45) is 9.17. The molecule has 1 fully saturated rings. The third-order valence-electron chi connectivity index (χ3n) is 5.05. The second-order valence-electron chi connectivity index (χ2n) is 7.45. The Bertz CT molecular complexity index is 1140. The van der Waals surface area contributed by atoms with Crippen molar-refractivity contribution in [2.45, 2.75) is 31.8 Å². The molecule has 3 aromatic heterocycles. The Kier molecular flexibility index (Phi) is 5.72. The zero-order chi connectivity index (χ0) is 22.0. The molecule has 1 aliphatic rings. The second-order valence-corrected chi connectivity index (χ2v) is 7.45. The third kappa shape index (κ3) is 4.75. The van der Waals surface area contributed by atoms with Gasteiger partial charge in [-0.1, -0.05) is 6.07 Å². The van der Waals surface area contributed by atoms with Crippen molar-refractivity contribution in [1.82, 2.24) is 24.7 Å². The number of hydrogen-bond donors (Lipinski definition) is 3. The fourth-order valence-corrected chi connectivity index (χ4v) is 3.28. The van der Waals surface area contributed by atoms with Crippen LogP contribution in [0.25, 0.3) is 5.65 Å². The zero-order valence-corrected chi connectivity index (χ0v) is 17.1. The standard InChI is InChI=1S/C21H24FN7O2/c1-31-18-6-7-25-17(20(18)22)8-26-21(30)16(23)12-29(24)11-15-10-28-9-14(13-2-3-13)4-5-19(28)27-15/h4-7,9-10,12-13H,2-3,8,11,23-24H2,1H3,(H,26,30)/b16-12-. The van der Waals surface area contributed by atoms with Crippen molar-refractivity contribution in [2.75, 3.05) is 7.11 Å². The lowest BCUT2D eigenvalue weighted by atomic mass is 10.2. The van der Waals surface area contributed by atoms with Gasteiger partial charge in [-0.3, -0.25) is 9.78 Å². The van der Waals surface area contributed by atoms with Gasteiger partial charge in [-0.15, -0.1) is 0 Å². The maximum atomic E-state index is 14.1. The zero-order valence-electron chi connectivity index (χ0n) is 17.1. The number of ether oxygens (including phenoxy) is 1. The molecule has 4 rings (SSSR count). The molecule has 0 atom stereocenters. The Hall–Kier alpha value is -3.66. The van der Waals surface area contributed by atoms with Crippen LogP contribution < -0.4 is 21.6 Å². The summed E-state index contributed by atoms with van der Waals surface area (Å²) in [5.41, 5.74) is 8.63. The highest BCUT2D eigenvalue weighted by molar-refractivity contribution is 5.92. The van der Waals surface area contributed by atoms with E-state index < -0.39 is 11.7 Å². The number of rotatable bonds is 8. The summed E-state index contributed by atoms with van der Waals surface area (Å²) in [4.78, 5) is 20.7. The summed E-state index contributed by atoms with van der Waals surface area (Å²) in [5, 5.41) is 3.79. The van der Waals surface area contributed by atoms with Crippen LogP contribution in [-0.2, 0) is 17.9 Å². The van der Waals surface area contributed by atoms with E-state index in [-0.39, 0.29) is 30.2 Å². The largest absolute Gasteiger partial charge is 0.494 e. The predicted octanol–water partition coefficient (Wildman–Crippen LogP) is 1.55. The van der Waals surface area contributed by atoms with Gasteiger partial charge >= 0.3 is 0 Å². The Morgan fingerprint density at radius 1 is 1.39 bits per heavy atom. The summed E-state index contributed by atoms with van der Waals surface area (Å²) in [6, 6.07) is 5.49. The molecule has 0 unspecified atom stereocenters. The number of hydrazine groups is 1. The number of imidazole rings is 1. The summed E-state index contributed by atoms with van der Waals surface area (Å²) in [5.74, 6) is 5.46. The molecule has 10 heteroatoms. The molecule has 0 aromatic carbocycles. The molecule has 0 bridgehead atoms. The lowest BCUT2D eigenvalue weighted by Crippen LogP contribution is -2.33. The number of nitrogens with zero attached hydrogens (tertiary/aromatic N) is 4. The molecule has 3 aromatic rings. The molecule has 0 radical (unpaired) electrons. The first-order valence-corrected chi connectivity index (χ1v) is 9.86. The van der Waals surface area contributed by atoms with Crippen LogP contribution >= 0.6 is 0 Å². The number of hydrogen-bond acceptors (Lipinski definition) is 7. The minimum atomic E-state index is -0.634. The predicted molar refractivity (Wildman–Crippen MR) is 112 cm³/mol. The van der Waals surface area contributed by atoms with E-state index in [4.69, 9.17) is 16.3 Å². The molecule has 5 N–H and O–H groups in total. The van der Waals surface area contributed by atoms with Gasteiger partial charge in [0.2, 0.25) is 0 Å². The molecule has 9 nitrogen and oxygen atoms in total. The number of fused-ring (bicyclic) bond motifs is 1. The highest BCUT2D eigenvalue weighted by Crippen LogP contribution is 2.39. The van der Waals surface area contributed by atoms with Crippen molar-refractivity contribution in [3.8, 4) is 5.75 Å². The topological polar surface area (TPSA) is 124 Å². The number of carbonyl (C=O) groups excluding carboxylic acids is 1. The van der Waals surface area contributed by atoms with Crippen LogP contribution in [0.4, 0.5) is 4.39 Å². The van der Waals surface area contributed by atoms with Gasteiger partial charge in [-0.05, 0) is 30.4 Å². The number of nitrogens with one attached hydrogen (secondary N) is 1. The minimum absolute atomic E-state index is 0.0420. The summed E-state index contributed by atoms with van der Waals surface area (Å²) < 4.78 is 21.0. The molecule has 162 valence electrons.